The number of benzene rings is 2. The first-order valence-corrected chi connectivity index (χ1v) is 16.3. The lowest BCUT2D eigenvalue weighted by Gasteiger charge is -2.39. The Bertz CT molecular complexity index is 2040. The molecule has 2 amide bonds. The van der Waals surface area contributed by atoms with E-state index >= 15 is 0 Å². The minimum Gasteiger partial charge on any atom is -0.481 e. The van der Waals surface area contributed by atoms with Crippen molar-refractivity contribution in [1.29, 1.82) is 0 Å². The van der Waals surface area contributed by atoms with E-state index in [0.29, 0.717) is 23.8 Å². The maximum absolute atomic E-state index is 13.6. The molecule has 0 bridgehead atoms. The standard InChI is InChI=1S/C35H36F3N5O8/c1-19-24-12-11-23(15-27(24)51-33(50)25(19)16-30(45)46)39-32(49)26(17-31(47)48)43-18-28(41-42-43)34(2,21-8-4-3-5-9-21)40-29(44)14-20-7-6-10-22(13-20)35(36,37)38/h6-7,10-13,15,18,21,26H,3-5,8-9,14,16-17H2,1-2H3,(H,39,49)(H,40,44)(H,45,46)(H,47,48). The van der Waals surface area contributed by atoms with E-state index < -0.39 is 65.5 Å². The van der Waals surface area contributed by atoms with E-state index in [2.05, 4.69) is 20.9 Å². The summed E-state index contributed by atoms with van der Waals surface area (Å²) in [5.41, 5.74) is -1.83. The molecule has 5 rings (SSSR count). The Morgan fingerprint density at radius 2 is 1.75 bits per heavy atom. The van der Waals surface area contributed by atoms with Gasteiger partial charge in [0.15, 0.2) is 0 Å². The van der Waals surface area contributed by atoms with Crippen LogP contribution < -0.4 is 16.3 Å². The van der Waals surface area contributed by atoms with E-state index in [-0.39, 0.29) is 40.4 Å². The highest BCUT2D eigenvalue weighted by Gasteiger charge is 2.41. The minimum absolute atomic E-state index is 0.0117. The Hall–Kier alpha value is -5.54. The van der Waals surface area contributed by atoms with Crippen LogP contribution in [-0.4, -0.2) is 49.0 Å². The topological polar surface area (TPSA) is 194 Å². The summed E-state index contributed by atoms with van der Waals surface area (Å²) in [5.74, 6) is -4.00. The number of anilines is 1. The number of halogens is 3. The molecule has 1 saturated carbocycles. The van der Waals surface area contributed by atoms with E-state index in [4.69, 9.17) is 9.52 Å². The fourth-order valence-electron chi connectivity index (χ4n) is 6.62. The molecule has 2 unspecified atom stereocenters. The average Bonchev–Trinajstić information content (AvgIpc) is 3.56. The van der Waals surface area contributed by atoms with Gasteiger partial charge in [-0.1, -0.05) is 42.7 Å². The van der Waals surface area contributed by atoms with Crippen LogP contribution in [0.15, 0.2) is 57.9 Å². The number of aromatic nitrogens is 3. The normalized spacial score (nSPS) is 15.5. The number of alkyl halides is 3. The van der Waals surface area contributed by atoms with Crippen molar-refractivity contribution in [3.05, 3.63) is 87.0 Å². The van der Waals surface area contributed by atoms with Gasteiger partial charge in [0.05, 0.1) is 42.1 Å². The van der Waals surface area contributed by atoms with Gasteiger partial charge >= 0.3 is 23.7 Å². The zero-order valence-electron chi connectivity index (χ0n) is 27.7. The number of hydrogen-bond donors (Lipinski definition) is 4. The molecule has 2 aromatic carbocycles. The van der Waals surface area contributed by atoms with Gasteiger partial charge in [0, 0.05) is 17.1 Å². The van der Waals surface area contributed by atoms with Gasteiger partial charge in [-0.15, -0.1) is 5.10 Å². The van der Waals surface area contributed by atoms with E-state index in [1.54, 1.807) is 13.8 Å². The third-order valence-corrected chi connectivity index (χ3v) is 9.35. The van der Waals surface area contributed by atoms with Crippen molar-refractivity contribution in [3.8, 4) is 0 Å². The molecule has 1 aliphatic carbocycles. The summed E-state index contributed by atoms with van der Waals surface area (Å²) < 4.78 is 46.3. The zero-order valence-corrected chi connectivity index (χ0v) is 27.7. The lowest BCUT2D eigenvalue weighted by Crippen LogP contribution is -2.50. The van der Waals surface area contributed by atoms with Gasteiger partial charge < -0.3 is 25.3 Å². The number of aliphatic carboxylic acids is 2. The maximum atomic E-state index is 13.6. The van der Waals surface area contributed by atoms with E-state index in [0.717, 1.165) is 36.1 Å². The molecule has 2 heterocycles. The van der Waals surface area contributed by atoms with Gasteiger partial charge in [0.2, 0.25) is 11.8 Å². The number of nitrogens with one attached hydrogen (secondary N) is 2. The van der Waals surface area contributed by atoms with E-state index in [9.17, 15) is 42.3 Å². The first-order chi connectivity index (χ1) is 24.0. The predicted molar refractivity (Wildman–Crippen MR) is 176 cm³/mol. The number of aryl methyl sites for hydroxylation is 1. The van der Waals surface area contributed by atoms with Crippen LogP contribution in [-0.2, 0) is 43.7 Å². The molecule has 0 radical (unpaired) electrons. The number of carboxylic acid groups (broad SMARTS) is 2. The molecule has 13 nitrogen and oxygen atoms in total. The molecule has 4 aromatic rings. The summed E-state index contributed by atoms with van der Waals surface area (Å²) in [6.45, 7) is 3.32. The van der Waals surface area contributed by atoms with Gasteiger partial charge in [-0.05, 0) is 61.9 Å². The number of amides is 2. The first kappa shape index (κ1) is 36.7. The molecule has 16 heteroatoms. The van der Waals surface area contributed by atoms with Crippen LogP contribution in [0.5, 0.6) is 0 Å². The lowest BCUT2D eigenvalue weighted by atomic mass is 9.74. The lowest BCUT2D eigenvalue weighted by molar-refractivity contribution is -0.140. The van der Waals surface area contributed by atoms with E-state index in [1.165, 1.54) is 36.5 Å². The quantitative estimate of drug-likeness (QED) is 0.143. The smallest absolute Gasteiger partial charge is 0.416 e. The fraction of sp³-hybridized carbons (Fsp3) is 0.400. The number of carbonyl (C=O) groups excluding carboxylic acids is 2. The van der Waals surface area contributed by atoms with Crippen LogP contribution in [0, 0.1) is 12.8 Å². The Morgan fingerprint density at radius 1 is 1.02 bits per heavy atom. The molecule has 2 aromatic heterocycles. The molecule has 1 fully saturated rings. The van der Waals surface area contributed by atoms with Crippen LogP contribution in [0.25, 0.3) is 11.0 Å². The number of fused-ring (bicyclic) bond motifs is 1. The van der Waals surface area contributed by atoms with Crippen LogP contribution >= 0.6 is 0 Å². The SMILES string of the molecule is Cc1c(CC(=O)O)c(=O)oc2cc(NC(=O)C(CC(=O)O)n3cc(C(C)(NC(=O)Cc4cccc(C(F)(F)F)c4)C4CCCCC4)nn3)ccc12. The second kappa shape index (κ2) is 14.7. The summed E-state index contributed by atoms with van der Waals surface area (Å²) in [6.07, 6.45) is -0.604. The van der Waals surface area contributed by atoms with Gasteiger partial charge in [0.1, 0.15) is 17.3 Å². The predicted octanol–water partition coefficient (Wildman–Crippen LogP) is 5.15. The monoisotopic (exact) mass is 711 g/mol. The van der Waals surface area contributed by atoms with Crippen LogP contribution in [0.2, 0.25) is 0 Å². The summed E-state index contributed by atoms with van der Waals surface area (Å²) in [4.78, 5) is 62.5. The molecule has 2 atom stereocenters. The number of nitrogens with zero attached hydrogens (tertiary/aromatic N) is 3. The van der Waals surface area contributed by atoms with E-state index in [1.807, 2.05) is 0 Å². The number of rotatable bonds is 12. The molecule has 0 aliphatic heterocycles. The first-order valence-electron chi connectivity index (χ1n) is 16.3. The van der Waals surface area contributed by atoms with Gasteiger partial charge in [-0.3, -0.25) is 19.2 Å². The largest absolute Gasteiger partial charge is 0.481 e. The molecule has 51 heavy (non-hydrogen) atoms. The second-order valence-electron chi connectivity index (χ2n) is 12.9. The molecular weight excluding hydrogens is 675 g/mol. The molecule has 4 N–H and O–H groups in total. The highest BCUT2D eigenvalue weighted by Crippen LogP contribution is 2.39. The Balaban J connectivity index is 1.41. The summed E-state index contributed by atoms with van der Waals surface area (Å²) in [5, 5.41) is 33.2. The molecule has 0 spiro atoms. The van der Waals surface area contributed by atoms with Gasteiger partial charge in [0.25, 0.3) is 0 Å². The second-order valence-corrected chi connectivity index (χ2v) is 12.9. The van der Waals surface area contributed by atoms with Crippen LogP contribution in [0.1, 0.15) is 79.4 Å². The van der Waals surface area contributed by atoms with Crippen molar-refractivity contribution < 1.29 is 47.0 Å². The summed E-state index contributed by atoms with van der Waals surface area (Å²) in [7, 11) is 0. The maximum Gasteiger partial charge on any atom is 0.416 e. The van der Waals surface area contributed by atoms with Crippen molar-refractivity contribution in [3.63, 3.8) is 0 Å². The molecular formula is C35H36F3N5O8. The molecule has 270 valence electrons. The highest BCUT2D eigenvalue weighted by atomic mass is 19.4. The van der Waals surface area contributed by atoms with Crippen molar-refractivity contribution in [2.45, 2.75) is 83.0 Å². The number of carbonyl (C=O) groups is 4. The Morgan fingerprint density at radius 3 is 2.41 bits per heavy atom. The highest BCUT2D eigenvalue weighted by molar-refractivity contribution is 5.97. The van der Waals surface area contributed by atoms with Crippen molar-refractivity contribution in [2.24, 2.45) is 5.92 Å². The van der Waals surface area contributed by atoms with Gasteiger partial charge in [-0.2, -0.15) is 13.2 Å². The number of hydrogen-bond acceptors (Lipinski definition) is 8. The zero-order chi connectivity index (χ0) is 37.1. The third kappa shape index (κ3) is 8.44. The summed E-state index contributed by atoms with van der Waals surface area (Å²) >= 11 is 0. The number of carboxylic acids is 2. The summed E-state index contributed by atoms with van der Waals surface area (Å²) in [6, 6.07) is 7.47. The van der Waals surface area contributed by atoms with Gasteiger partial charge in [-0.25, -0.2) is 9.48 Å². The van der Waals surface area contributed by atoms with Crippen molar-refractivity contribution in [1.82, 2.24) is 20.3 Å². The fourth-order valence-corrected chi connectivity index (χ4v) is 6.62. The molecule has 1 aliphatic rings. The van der Waals surface area contributed by atoms with Crippen LogP contribution in [0.3, 0.4) is 0 Å². The average molecular weight is 712 g/mol. The Labute approximate surface area is 288 Å². The third-order valence-electron chi connectivity index (χ3n) is 9.35. The van der Waals surface area contributed by atoms with Crippen molar-refractivity contribution >= 4 is 40.4 Å². The Kier molecular flexibility index (Phi) is 10.6. The minimum atomic E-state index is -4.57. The molecule has 0 saturated heterocycles. The van der Waals surface area contributed by atoms with Crippen molar-refractivity contribution in [2.75, 3.05) is 5.32 Å². The van der Waals surface area contributed by atoms with Crippen LogP contribution in [0.4, 0.5) is 18.9 Å².